The minimum atomic E-state index is -0.928. The molecule has 0 aromatic heterocycles. The molecule has 1 aliphatic rings. The predicted molar refractivity (Wildman–Crippen MR) is 70.7 cm³/mol. The molecule has 0 radical (unpaired) electrons. The van der Waals surface area contributed by atoms with E-state index in [1.807, 2.05) is 0 Å². The Morgan fingerprint density at radius 2 is 2.11 bits per heavy atom. The van der Waals surface area contributed by atoms with Gasteiger partial charge in [-0.15, -0.1) is 0 Å². The van der Waals surface area contributed by atoms with E-state index in [0.29, 0.717) is 29.1 Å². The lowest BCUT2D eigenvalue weighted by Crippen LogP contribution is -2.39. The summed E-state index contributed by atoms with van der Waals surface area (Å²) >= 11 is 0. The molecule has 18 heavy (non-hydrogen) atoms. The van der Waals surface area contributed by atoms with E-state index in [4.69, 9.17) is 0 Å². The fraction of sp³-hybridized carbons (Fsp3) is 0.417. The van der Waals surface area contributed by atoms with Crippen LogP contribution < -0.4 is 10.6 Å². The maximum atomic E-state index is 13.4. The number of amides is 1. The van der Waals surface area contributed by atoms with Crippen LogP contribution in [0.4, 0.5) is 15.8 Å². The molecular weight excluding hydrogens is 255 g/mol. The second-order valence-corrected chi connectivity index (χ2v) is 5.95. The molecule has 4 nitrogen and oxygen atoms in total. The van der Waals surface area contributed by atoms with E-state index >= 15 is 0 Å². The second-order valence-electron chi connectivity index (χ2n) is 4.40. The largest absolute Gasteiger partial charge is 0.372 e. The number of aryl methyl sites for hydroxylation is 1. The minimum Gasteiger partial charge on any atom is -0.372 e. The molecule has 1 aliphatic heterocycles. The molecule has 98 valence electrons. The van der Waals surface area contributed by atoms with Gasteiger partial charge >= 0.3 is 0 Å². The zero-order valence-corrected chi connectivity index (χ0v) is 11.1. The lowest BCUT2D eigenvalue weighted by molar-refractivity contribution is -0.117. The van der Waals surface area contributed by atoms with Crippen LogP contribution in [0.15, 0.2) is 12.1 Å². The number of benzene rings is 1. The fourth-order valence-corrected chi connectivity index (χ4v) is 2.43. The number of halogens is 1. The SMILES string of the molecule is Cc1cc2c(cc1F)NC(=O)C(CCS(C)=O)N2. The summed E-state index contributed by atoms with van der Waals surface area (Å²) in [6, 6.07) is 2.57. The molecule has 1 aromatic rings. The first-order valence-corrected chi connectivity index (χ1v) is 7.37. The molecule has 2 unspecified atom stereocenters. The topological polar surface area (TPSA) is 58.2 Å². The van der Waals surface area contributed by atoms with E-state index in [1.54, 1.807) is 19.2 Å². The van der Waals surface area contributed by atoms with Crippen LogP contribution in [0.2, 0.25) is 0 Å². The van der Waals surface area contributed by atoms with Crippen molar-refractivity contribution in [3.63, 3.8) is 0 Å². The van der Waals surface area contributed by atoms with E-state index in [1.165, 1.54) is 6.07 Å². The van der Waals surface area contributed by atoms with Gasteiger partial charge in [-0.1, -0.05) is 0 Å². The Bertz CT molecular complexity index is 519. The van der Waals surface area contributed by atoms with E-state index in [2.05, 4.69) is 10.6 Å². The molecule has 0 saturated carbocycles. The van der Waals surface area contributed by atoms with Crippen molar-refractivity contribution in [2.24, 2.45) is 0 Å². The Morgan fingerprint density at radius 3 is 2.78 bits per heavy atom. The molecule has 0 fully saturated rings. The smallest absolute Gasteiger partial charge is 0.246 e. The number of rotatable bonds is 3. The van der Waals surface area contributed by atoms with Crippen LogP contribution in [0.1, 0.15) is 12.0 Å². The van der Waals surface area contributed by atoms with Gasteiger partial charge in [0, 0.05) is 22.8 Å². The van der Waals surface area contributed by atoms with Crippen LogP contribution in [-0.4, -0.2) is 28.2 Å². The van der Waals surface area contributed by atoms with Crippen molar-refractivity contribution in [2.45, 2.75) is 19.4 Å². The molecule has 2 N–H and O–H groups in total. The highest BCUT2D eigenvalue weighted by molar-refractivity contribution is 7.84. The molecule has 2 rings (SSSR count). The van der Waals surface area contributed by atoms with Gasteiger partial charge in [0.25, 0.3) is 0 Å². The third kappa shape index (κ3) is 2.69. The monoisotopic (exact) mass is 270 g/mol. The molecule has 6 heteroatoms. The van der Waals surface area contributed by atoms with Gasteiger partial charge in [0.05, 0.1) is 11.4 Å². The third-order valence-corrected chi connectivity index (χ3v) is 3.71. The second kappa shape index (κ2) is 5.06. The average molecular weight is 270 g/mol. The normalized spacial score (nSPS) is 19.7. The van der Waals surface area contributed by atoms with Crippen molar-refractivity contribution in [3.05, 3.63) is 23.5 Å². The number of fused-ring (bicyclic) bond motifs is 1. The predicted octanol–water partition coefficient (Wildman–Crippen LogP) is 1.64. The van der Waals surface area contributed by atoms with Crippen molar-refractivity contribution >= 4 is 28.1 Å². The highest BCUT2D eigenvalue weighted by atomic mass is 32.2. The zero-order valence-electron chi connectivity index (χ0n) is 10.2. The van der Waals surface area contributed by atoms with Gasteiger partial charge in [-0.25, -0.2) is 4.39 Å². The van der Waals surface area contributed by atoms with Crippen LogP contribution in [0.5, 0.6) is 0 Å². The molecule has 1 heterocycles. The number of nitrogens with one attached hydrogen (secondary N) is 2. The molecule has 0 aliphatic carbocycles. The minimum absolute atomic E-state index is 0.212. The number of hydrogen-bond donors (Lipinski definition) is 2. The van der Waals surface area contributed by atoms with Crippen LogP contribution >= 0.6 is 0 Å². The fourth-order valence-electron chi connectivity index (χ4n) is 1.86. The van der Waals surface area contributed by atoms with E-state index in [9.17, 15) is 13.4 Å². The summed E-state index contributed by atoms with van der Waals surface area (Å²) < 4.78 is 24.4. The van der Waals surface area contributed by atoms with Crippen molar-refractivity contribution in [1.29, 1.82) is 0 Å². The van der Waals surface area contributed by atoms with Gasteiger partial charge in [0.15, 0.2) is 0 Å². The summed E-state index contributed by atoms with van der Waals surface area (Å²) in [5, 5.41) is 5.72. The molecule has 1 aromatic carbocycles. The van der Waals surface area contributed by atoms with Crippen molar-refractivity contribution in [1.82, 2.24) is 0 Å². The maximum absolute atomic E-state index is 13.4. The van der Waals surface area contributed by atoms with Crippen LogP contribution in [0.25, 0.3) is 0 Å². The van der Waals surface area contributed by atoms with E-state index in [-0.39, 0.29) is 11.7 Å². The van der Waals surface area contributed by atoms with Crippen molar-refractivity contribution in [2.75, 3.05) is 22.6 Å². The first-order chi connectivity index (χ1) is 8.47. The van der Waals surface area contributed by atoms with Crippen LogP contribution in [0.3, 0.4) is 0 Å². The molecule has 2 atom stereocenters. The molecule has 0 spiro atoms. The van der Waals surface area contributed by atoms with Gasteiger partial charge in [-0.3, -0.25) is 9.00 Å². The Balaban J connectivity index is 2.19. The van der Waals surface area contributed by atoms with Gasteiger partial charge in [-0.05, 0) is 31.0 Å². The van der Waals surface area contributed by atoms with Gasteiger partial charge in [0.2, 0.25) is 5.91 Å². The van der Waals surface area contributed by atoms with Gasteiger partial charge < -0.3 is 10.6 Å². The third-order valence-electron chi connectivity index (χ3n) is 2.90. The summed E-state index contributed by atoms with van der Waals surface area (Å²) in [5.41, 5.74) is 1.69. The zero-order chi connectivity index (χ0) is 13.3. The van der Waals surface area contributed by atoms with Gasteiger partial charge in [-0.2, -0.15) is 0 Å². The first kappa shape index (κ1) is 13.0. The highest BCUT2D eigenvalue weighted by Gasteiger charge is 2.26. The van der Waals surface area contributed by atoms with Crippen molar-refractivity contribution in [3.8, 4) is 0 Å². The molecule has 1 amide bonds. The lowest BCUT2D eigenvalue weighted by atomic mass is 10.1. The van der Waals surface area contributed by atoms with E-state index in [0.717, 1.165) is 0 Å². The van der Waals surface area contributed by atoms with Gasteiger partial charge in [0.1, 0.15) is 11.9 Å². The summed E-state index contributed by atoms with van der Waals surface area (Å²) in [5.74, 6) is -0.0965. The molecule has 0 bridgehead atoms. The van der Waals surface area contributed by atoms with Crippen LogP contribution in [-0.2, 0) is 15.6 Å². The summed E-state index contributed by atoms with van der Waals surface area (Å²) in [4.78, 5) is 11.8. The quantitative estimate of drug-likeness (QED) is 0.877. The maximum Gasteiger partial charge on any atom is 0.246 e. The molecular formula is C12H15FN2O2S. The first-order valence-electron chi connectivity index (χ1n) is 5.65. The lowest BCUT2D eigenvalue weighted by Gasteiger charge is -2.27. The van der Waals surface area contributed by atoms with E-state index < -0.39 is 16.8 Å². The Kier molecular flexibility index (Phi) is 3.65. The Morgan fingerprint density at radius 1 is 1.39 bits per heavy atom. The number of anilines is 2. The Labute approximate surface area is 107 Å². The standard InChI is InChI=1S/C12H15FN2O2S/c1-7-5-10-11(6-8(7)13)15-12(16)9(14-10)3-4-18(2)17/h5-6,9,14H,3-4H2,1-2H3,(H,15,16). The molecule has 0 saturated heterocycles. The number of carbonyl (C=O) groups is 1. The number of carbonyl (C=O) groups excluding carboxylic acids is 1. The number of hydrogen-bond acceptors (Lipinski definition) is 3. The highest BCUT2D eigenvalue weighted by Crippen LogP contribution is 2.30. The van der Waals surface area contributed by atoms with Crippen LogP contribution in [0, 0.1) is 12.7 Å². The Hall–Kier alpha value is -1.43. The summed E-state index contributed by atoms with van der Waals surface area (Å²) in [7, 11) is -0.928. The summed E-state index contributed by atoms with van der Waals surface area (Å²) in [6.07, 6.45) is 2.10. The van der Waals surface area contributed by atoms with Crippen molar-refractivity contribution < 1.29 is 13.4 Å². The summed E-state index contributed by atoms with van der Waals surface area (Å²) in [6.45, 7) is 1.67. The average Bonchev–Trinajstić information content (AvgIpc) is 2.29.